The molecule has 54 heteroatoms. The standard InChI is InChI=1S/C8BN28O24.H3N/c38-22(39)5(23(40)41,24(42)43)1-10-18-34(14-1)9(35-15-2(11-19-35)6(25(44)45,26(46)47)27(48)49,36-16-3(12-20-36)7(28(50)51,29(52)53)30(54)55)37-17-4(13-21-37)8(31(56)57,32(58)59)33(60)61;/h;1H3/q-1;/p+1. The summed E-state index contributed by atoms with van der Waals surface area (Å²) in [6, 6.07) is 0. The molecule has 0 fully saturated rings. The third-order valence-electron chi connectivity index (χ3n) is 7.21. The molecule has 4 rings (SSSR count). The van der Waals surface area contributed by atoms with Gasteiger partial charge < -0.3 is 6.15 Å². The Bertz CT molecular complexity index is 2150. The molecule has 0 aromatic carbocycles. The van der Waals surface area contributed by atoms with Gasteiger partial charge in [0.1, 0.15) is 0 Å². The van der Waals surface area contributed by atoms with E-state index in [1.807, 2.05) is 0 Å². The van der Waals surface area contributed by atoms with Gasteiger partial charge in [0.15, 0.2) is 59.1 Å². The number of hydrogen-bond acceptors (Lipinski definition) is 36. The van der Waals surface area contributed by atoms with Crippen molar-refractivity contribution in [3.05, 3.63) is 145 Å². The van der Waals surface area contributed by atoms with Crippen LogP contribution in [0, 0.1) is 121 Å². The number of aromatic nitrogens is 16. The first-order valence-electron chi connectivity index (χ1n) is 13.3. The van der Waals surface area contributed by atoms with Crippen molar-refractivity contribution in [3.63, 3.8) is 0 Å². The summed E-state index contributed by atoms with van der Waals surface area (Å²) in [7, 11) is 0. The highest BCUT2D eigenvalue weighted by Gasteiger charge is 2.80. The summed E-state index contributed by atoms with van der Waals surface area (Å²) >= 11 is 0. The van der Waals surface area contributed by atoms with Gasteiger partial charge in [-0.15, -0.1) is 0 Å². The predicted molar refractivity (Wildman–Crippen MR) is 155 cm³/mol. The lowest BCUT2D eigenvalue weighted by molar-refractivity contribution is -0.987. The van der Waals surface area contributed by atoms with E-state index in [-0.39, 0.29) is 6.15 Å². The number of nitro groups is 12. The van der Waals surface area contributed by atoms with Gasteiger partial charge in [0.05, 0.1) is 0 Å². The Hall–Kier alpha value is -10.9. The van der Waals surface area contributed by atoms with Gasteiger partial charge in [-0.25, -0.2) is 0 Å². The zero-order valence-corrected chi connectivity index (χ0v) is 27.9. The van der Waals surface area contributed by atoms with Crippen LogP contribution in [0.25, 0.3) is 0 Å². The predicted octanol–water partition coefficient (Wildman–Crippen LogP) is -8.30. The van der Waals surface area contributed by atoms with Gasteiger partial charge in [0.25, 0.3) is 0 Å². The molecule has 4 aromatic heterocycles. The van der Waals surface area contributed by atoms with Gasteiger partial charge in [0.2, 0.25) is 0 Å². The van der Waals surface area contributed by atoms with Crippen LogP contribution in [0.2, 0.25) is 0 Å². The van der Waals surface area contributed by atoms with E-state index in [2.05, 4.69) is 61.6 Å². The maximum atomic E-state index is 11.8. The second kappa shape index (κ2) is 14.6. The molecular weight excluding hydrogens is 897 g/mol. The normalized spacial score (nSPS) is 12.0. The van der Waals surface area contributed by atoms with Crippen molar-refractivity contribution in [2.24, 2.45) is 0 Å². The fraction of sp³-hybridized carbons (Fsp3) is 0.500. The monoisotopic (exact) mass is 901 g/mol. The molecule has 4 N–H and O–H groups in total. The average Bonchev–Trinajstić information content (AvgIpc) is 3.95. The lowest BCUT2D eigenvalue weighted by Gasteiger charge is -2.33. The Morgan fingerprint density at radius 1 is 0.306 bits per heavy atom. The summed E-state index contributed by atoms with van der Waals surface area (Å²) in [5, 5.41) is 175. The average molecular weight is 901 g/mol. The van der Waals surface area contributed by atoms with E-state index < -0.39 is 131 Å². The molecular formula is C8H4BN29O24. The van der Waals surface area contributed by atoms with Crippen molar-refractivity contribution < 1.29 is 59.1 Å². The first-order chi connectivity index (χ1) is 28.2. The minimum absolute atomic E-state index is 0. The molecule has 328 valence electrons. The van der Waals surface area contributed by atoms with Crippen LogP contribution in [0.4, 0.5) is 0 Å². The molecule has 4 heterocycles. The van der Waals surface area contributed by atoms with Gasteiger partial charge in [-0.2, -0.15) is 20.4 Å². The van der Waals surface area contributed by atoms with Crippen LogP contribution in [0.15, 0.2) is 0 Å². The highest BCUT2D eigenvalue weighted by atomic mass is 16.8. The largest absolute Gasteiger partial charge is 0.766 e. The quantitative estimate of drug-likeness (QED) is 0.0372. The zero-order valence-electron chi connectivity index (χ0n) is 27.9. The fourth-order valence-electron chi connectivity index (χ4n) is 4.36. The first kappa shape index (κ1) is 45.5. The van der Waals surface area contributed by atoms with Crippen molar-refractivity contribution in [2.45, 2.75) is 23.1 Å². The topological polar surface area (TPSA) is 729 Å². The van der Waals surface area contributed by atoms with Crippen LogP contribution in [-0.4, -0.2) is 146 Å². The van der Waals surface area contributed by atoms with Crippen LogP contribution in [0.1, 0.15) is 23.3 Å². The van der Waals surface area contributed by atoms with Gasteiger partial charge in [-0.3, -0.25) is 140 Å². The summed E-state index contributed by atoms with van der Waals surface area (Å²) in [5.74, 6) is -30.2. The zero-order chi connectivity index (χ0) is 46.5. The Kier molecular flexibility index (Phi) is 10.7. The second-order valence-electron chi connectivity index (χ2n) is 10.1. The first-order valence-corrected chi connectivity index (χ1v) is 13.3. The van der Waals surface area contributed by atoms with Crippen molar-refractivity contribution >= 4 is 6.69 Å². The molecule has 0 radical (unpaired) electrons. The number of nitrogens with zero attached hydrogens (tertiary/aromatic N) is 28. The molecule has 0 unspecified atom stereocenters. The highest BCUT2D eigenvalue weighted by molar-refractivity contribution is 6.71. The molecule has 0 saturated carbocycles. The van der Waals surface area contributed by atoms with Crippen LogP contribution in [0.3, 0.4) is 0 Å². The van der Waals surface area contributed by atoms with Crippen molar-refractivity contribution in [1.82, 2.24) is 86.6 Å². The summed E-state index contributed by atoms with van der Waals surface area (Å²) in [6.07, 6.45) is 0. The van der Waals surface area contributed by atoms with Crippen LogP contribution in [0.5, 0.6) is 0 Å². The molecule has 0 bridgehead atoms. The van der Waals surface area contributed by atoms with Gasteiger partial charge >= 0.3 is 53.1 Å². The van der Waals surface area contributed by atoms with E-state index in [1.54, 1.807) is 0 Å². The van der Waals surface area contributed by atoms with E-state index >= 15 is 0 Å². The molecule has 0 atom stereocenters. The summed E-state index contributed by atoms with van der Waals surface area (Å²) in [5.41, 5.74) is 0. The Balaban J connectivity index is 0.0000102. The minimum Gasteiger partial charge on any atom is -0.369 e. The molecule has 0 saturated heterocycles. The van der Waals surface area contributed by atoms with Crippen LogP contribution < -0.4 is 6.15 Å². The Morgan fingerprint density at radius 3 is 0.548 bits per heavy atom. The fourth-order valence-corrected chi connectivity index (χ4v) is 4.36. The van der Waals surface area contributed by atoms with E-state index in [9.17, 15) is 121 Å². The molecule has 53 nitrogen and oxygen atoms in total. The van der Waals surface area contributed by atoms with Crippen molar-refractivity contribution in [2.75, 3.05) is 0 Å². The van der Waals surface area contributed by atoms with Crippen LogP contribution >= 0.6 is 0 Å². The highest BCUT2D eigenvalue weighted by Crippen LogP contribution is 2.29. The minimum atomic E-state index is -5.76. The summed E-state index contributed by atoms with van der Waals surface area (Å²) in [6.45, 7) is -5.76. The molecule has 0 aliphatic carbocycles. The molecule has 0 aliphatic heterocycles. The van der Waals surface area contributed by atoms with Gasteiger partial charge in [-0.05, 0) is 0 Å². The molecule has 0 spiro atoms. The van der Waals surface area contributed by atoms with Gasteiger partial charge in [-0.1, -0.05) is 41.2 Å². The maximum absolute atomic E-state index is 11.8. The third kappa shape index (κ3) is 5.40. The lowest BCUT2D eigenvalue weighted by atomic mass is 9.78. The van der Waals surface area contributed by atoms with E-state index in [0.29, 0.717) is 0 Å². The summed E-state index contributed by atoms with van der Waals surface area (Å²) < 4.78 is -3.64. The van der Waals surface area contributed by atoms with Gasteiger partial charge in [0, 0.05) is 0 Å². The molecule has 0 amide bonds. The second-order valence-corrected chi connectivity index (χ2v) is 10.1. The molecule has 4 aromatic rings. The van der Waals surface area contributed by atoms with Crippen LogP contribution in [-0.2, 0) is 23.1 Å². The maximum Gasteiger partial charge on any atom is 0.766 e. The molecule has 62 heavy (non-hydrogen) atoms. The number of hydrogen-bond donors (Lipinski definition) is 1. The SMILES string of the molecule is O=[N+]([O-])C(c1nnn([B-](n2nnc(C([N+](=O)[O-])([N+](=O)[O-])[N+](=O)[O-])n2)(n2nnc(C([N+](=O)[O-])([N+](=O)[O-])[N+](=O)[O-])n2)n2nnc(C([N+](=O)[O-])([N+](=O)[O-])[N+](=O)[O-])n2)n1)([N+](=O)[O-])[N+](=O)[O-].[NH4+]. The van der Waals surface area contributed by atoms with E-state index in [4.69, 9.17) is 0 Å². The van der Waals surface area contributed by atoms with Crippen molar-refractivity contribution in [1.29, 1.82) is 0 Å². The Morgan fingerprint density at radius 2 is 0.435 bits per heavy atom. The molecule has 0 aliphatic rings. The third-order valence-corrected chi connectivity index (χ3v) is 7.21. The lowest BCUT2D eigenvalue weighted by Crippen LogP contribution is -2.69. The number of quaternary nitrogens is 1. The number of rotatable bonds is 20. The van der Waals surface area contributed by atoms with E-state index in [1.165, 1.54) is 0 Å². The number of tetrazole rings is 4. The summed E-state index contributed by atoms with van der Waals surface area (Å²) in [4.78, 5) is 113. The smallest absolute Gasteiger partial charge is 0.369 e. The van der Waals surface area contributed by atoms with Crippen molar-refractivity contribution in [3.8, 4) is 0 Å². The Labute approximate surface area is 321 Å². The van der Waals surface area contributed by atoms with E-state index in [0.717, 1.165) is 0 Å².